The lowest BCUT2D eigenvalue weighted by molar-refractivity contribution is -0.116. The van der Waals surface area contributed by atoms with Crippen LogP contribution in [0.5, 0.6) is 5.75 Å². The average molecular weight is 263 g/mol. The molecule has 19 heavy (non-hydrogen) atoms. The molecule has 1 unspecified atom stereocenters. The van der Waals surface area contributed by atoms with Crippen molar-refractivity contribution in [3.63, 3.8) is 0 Å². The second kappa shape index (κ2) is 6.17. The summed E-state index contributed by atoms with van der Waals surface area (Å²) in [6.45, 7) is 7.01. The lowest BCUT2D eigenvalue weighted by Gasteiger charge is -2.32. The number of hydrogen-bond acceptors (Lipinski definition) is 4. The van der Waals surface area contributed by atoms with Crippen LogP contribution >= 0.6 is 0 Å². The number of ketones is 1. The van der Waals surface area contributed by atoms with Gasteiger partial charge in [-0.3, -0.25) is 9.69 Å². The summed E-state index contributed by atoms with van der Waals surface area (Å²) in [5, 5.41) is 9.99. The van der Waals surface area contributed by atoms with Crippen LogP contribution in [0.1, 0.15) is 31.0 Å². The van der Waals surface area contributed by atoms with E-state index in [9.17, 15) is 9.90 Å². The van der Waals surface area contributed by atoms with E-state index in [2.05, 4.69) is 11.8 Å². The Balaban J connectivity index is 2.11. The van der Waals surface area contributed by atoms with Crippen LogP contribution in [0, 0.1) is 0 Å². The monoisotopic (exact) mass is 263 g/mol. The predicted molar refractivity (Wildman–Crippen MR) is 73.3 cm³/mol. The Morgan fingerprint density at radius 3 is 2.68 bits per heavy atom. The number of carbonyl (C=O) groups excluding carboxylic acids is 1. The highest BCUT2D eigenvalue weighted by molar-refractivity contribution is 5.78. The number of phenolic OH excluding ortho intramolecular Hbond substituents is 1. The van der Waals surface area contributed by atoms with Gasteiger partial charge in [-0.15, -0.1) is 0 Å². The van der Waals surface area contributed by atoms with Gasteiger partial charge in [0.2, 0.25) is 0 Å². The molecule has 4 nitrogen and oxygen atoms in total. The number of hydrogen-bond donors (Lipinski definition) is 1. The van der Waals surface area contributed by atoms with Gasteiger partial charge in [-0.2, -0.15) is 0 Å². The summed E-state index contributed by atoms with van der Waals surface area (Å²) < 4.78 is 5.34. The molecule has 0 bridgehead atoms. The van der Waals surface area contributed by atoms with Crippen molar-refractivity contribution in [3.05, 3.63) is 29.3 Å². The molecule has 1 heterocycles. The number of aromatic hydroxyl groups is 1. The van der Waals surface area contributed by atoms with Gasteiger partial charge in [0.1, 0.15) is 11.5 Å². The third-order valence-corrected chi connectivity index (χ3v) is 3.62. The maximum atomic E-state index is 11.1. The molecule has 1 saturated heterocycles. The summed E-state index contributed by atoms with van der Waals surface area (Å²) in [6, 6.07) is 5.88. The molecule has 1 fully saturated rings. The Labute approximate surface area is 114 Å². The minimum Gasteiger partial charge on any atom is -0.508 e. The topological polar surface area (TPSA) is 49.8 Å². The zero-order valence-corrected chi connectivity index (χ0v) is 11.6. The molecule has 4 heteroatoms. The van der Waals surface area contributed by atoms with Crippen LogP contribution in [0.25, 0.3) is 0 Å². The minimum absolute atomic E-state index is 0.0595. The molecule has 1 atom stereocenters. The molecule has 0 saturated carbocycles. The highest BCUT2D eigenvalue weighted by atomic mass is 16.5. The van der Waals surface area contributed by atoms with Crippen molar-refractivity contribution in [3.8, 4) is 5.75 Å². The number of nitrogens with zero attached hydrogens (tertiary/aromatic N) is 1. The summed E-state index contributed by atoms with van der Waals surface area (Å²) in [5.74, 6) is 0.275. The molecule has 1 N–H and O–H groups in total. The van der Waals surface area contributed by atoms with Gasteiger partial charge in [0.25, 0.3) is 0 Å². The Hall–Kier alpha value is -1.39. The molecule has 0 aliphatic carbocycles. The first kappa shape index (κ1) is 14.0. The maximum Gasteiger partial charge on any atom is 0.134 e. The van der Waals surface area contributed by atoms with E-state index in [0.717, 1.165) is 31.9 Å². The lowest BCUT2D eigenvalue weighted by atomic mass is 10.0. The molecule has 1 aromatic carbocycles. The molecule has 0 radical (unpaired) electrons. The van der Waals surface area contributed by atoms with Crippen LogP contribution in [-0.2, 0) is 16.0 Å². The number of benzene rings is 1. The number of carbonyl (C=O) groups is 1. The Morgan fingerprint density at radius 1 is 1.42 bits per heavy atom. The van der Waals surface area contributed by atoms with E-state index in [1.807, 2.05) is 12.1 Å². The molecule has 0 spiro atoms. The number of Topliss-reactive ketones (excluding diaryl/α,β-unsaturated/α-hetero) is 1. The van der Waals surface area contributed by atoms with E-state index in [4.69, 9.17) is 4.74 Å². The first-order valence-electron chi connectivity index (χ1n) is 6.71. The van der Waals surface area contributed by atoms with E-state index in [1.54, 1.807) is 6.07 Å². The first-order valence-corrected chi connectivity index (χ1v) is 6.71. The fraction of sp³-hybridized carbons (Fsp3) is 0.533. The second-order valence-electron chi connectivity index (χ2n) is 5.09. The third-order valence-electron chi connectivity index (χ3n) is 3.62. The SMILES string of the molecule is CC(=O)Cc1ccc(C(C)N2CCOCC2)cc1O. The molecular formula is C15H21NO3. The van der Waals surface area contributed by atoms with Crippen molar-refractivity contribution < 1.29 is 14.6 Å². The smallest absolute Gasteiger partial charge is 0.134 e. The summed E-state index contributed by atoms with van der Waals surface area (Å²) in [5.41, 5.74) is 1.78. The molecule has 1 aliphatic rings. The highest BCUT2D eigenvalue weighted by Gasteiger charge is 2.19. The highest BCUT2D eigenvalue weighted by Crippen LogP contribution is 2.27. The van der Waals surface area contributed by atoms with Gasteiger partial charge in [-0.25, -0.2) is 0 Å². The van der Waals surface area contributed by atoms with Crippen LogP contribution in [0.15, 0.2) is 18.2 Å². The number of ether oxygens (including phenoxy) is 1. The van der Waals surface area contributed by atoms with Crippen molar-refractivity contribution in [2.75, 3.05) is 26.3 Å². The average Bonchev–Trinajstić information content (AvgIpc) is 2.41. The van der Waals surface area contributed by atoms with Crippen molar-refractivity contribution in [2.45, 2.75) is 26.3 Å². The van der Waals surface area contributed by atoms with E-state index in [1.165, 1.54) is 6.92 Å². The number of morpholine rings is 1. The van der Waals surface area contributed by atoms with Crippen molar-refractivity contribution in [1.82, 2.24) is 4.90 Å². The van der Waals surface area contributed by atoms with E-state index in [-0.39, 0.29) is 24.0 Å². The van der Waals surface area contributed by atoms with Crippen LogP contribution in [0.3, 0.4) is 0 Å². The van der Waals surface area contributed by atoms with Crippen molar-refractivity contribution >= 4 is 5.78 Å². The van der Waals surface area contributed by atoms with E-state index >= 15 is 0 Å². The summed E-state index contributed by atoms with van der Waals surface area (Å²) >= 11 is 0. The predicted octanol–water partition coefficient (Wildman–Crippen LogP) is 1.92. The van der Waals surface area contributed by atoms with Gasteiger partial charge in [-0.05, 0) is 25.5 Å². The normalized spacial score (nSPS) is 18.2. The molecule has 104 valence electrons. The summed E-state index contributed by atoms with van der Waals surface area (Å²) in [7, 11) is 0. The number of rotatable bonds is 4. The van der Waals surface area contributed by atoms with Gasteiger partial charge in [0.15, 0.2) is 0 Å². The van der Waals surface area contributed by atoms with Gasteiger partial charge in [-0.1, -0.05) is 12.1 Å². The van der Waals surface area contributed by atoms with Crippen LogP contribution in [0.4, 0.5) is 0 Å². The van der Waals surface area contributed by atoms with Crippen molar-refractivity contribution in [2.24, 2.45) is 0 Å². The maximum absolute atomic E-state index is 11.1. The molecule has 1 aromatic rings. The van der Waals surface area contributed by atoms with Gasteiger partial charge >= 0.3 is 0 Å². The standard InChI is InChI=1S/C15H21NO3/c1-11(17)9-14-4-3-13(10-15(14)18)12(2)16-5-7-19-8-6-16/h3-4,10,12,18H,5-9H2,1-2H3. The van der Waals surface area contributed by atoms with E-state index < -0.39 is 0 Å². The molecule has 2 rings (SSSR count). The van der Waals surface area contributed by atoms with Gasteiger partial charge < -0.3 is 9.84 Å². The van der Waals surface area contributed by atoms with E-state index in [0.29, 0.717) is 5.56 Å². The lowest BCUT2D eigenvalue weighted by Crippen LogP contribution is -2.38. The summed E-state index contributed by atoms with van der Waals surface area (Å²) in [6.07, 6.45) is 0.290. The zero-order valence-electron chi connectivity index (χ0n) is 11.6. The molecule has 0 amide bonds. The minimum atomic E-state index is 0.0595. The van der Waals surface area contributed by atoms with Gasteiger partial charge in [0, 0.05) is 31.1 Å². The second-order valence-corrected chi connectivity index (χ2v) is 5.09. The fourth-order valence-corrected chi connectivity index (χ4v) is 2.43. The zero-order chi connectivity index (χ0) is 13.8. The Morgan fingerprint density at radius 2 is 2.11 bits per heavy atom. The molecular weight excluding hydrogens is 242 g/mol. The first-order chi connectivity index (χ1) is 9.08. The molecule has 1 aliphatic heterocycles. The Bertz CT molecular complexity index is 453. The number of phenols is 1. The van der Waals surface area contributed by atoms with Crippen LogP contribution in [0.2, 0.25) is 0 Å². The van der Waals surface area contributed by atoms with Crippen molar-refractivity contribution in [1.29, 1.82) is 0 Å². The molecule has 0 aromatic heterocycles. The quantitative estimate of drug-likeness (QED) is 0.901. The van der Waals surface area contributed by atoms with Crippen LogP contribution < -0.4 is 0 Å². The Kier molecular flexibility index (Phi) is 4.56. The van der Waals surface area contributed by atoms with Crippen LogP contribution in [-0.4, -0.2) is 42.1 Å². The third kappa shape index (κ3) is 3.55. The summed E-state index contributed by atoms with van der Waals surface area (Å²) in [4.78, 5) is 13.4. The fourth-order valence-electron chi connectivity index (χ4n) is 2.43. The van der Waals surface area contributed by atoms with Gasteiger partial charge in [0.05, 0.1) is 13.2 Å². The largest absolute Gasteiger partial charge is 0.508 e.